The van der Waals surface area contributed by atoms with Crippen LogP contribution in [-0.4, -0.2) is 45.6 Å². The maximum absolute atomic E-state index is 11.7. The lowest BCUT2D eigenvalue weighted by atomic mass is 9.70. The third-order valence-electron chi connectivity index (χ3n) is 16.5. The fourth-order valence-electron chi connectivity index (χ4n) is 10.4. The van der Waals surface area contributed by atoms with Crippen LogP contribution in [0.3, 0.4) is 0 Å². The summed E-state index contributed by atoms with van der Waals surface area (Å²) in [6, 6.07) is 40.5. The van der Waals surface area contributed by atoms with Gasteiger partial charge in [-0.2, -0.15) is 0 Å². The Morgan fingerprint density at radius 1 is 0.442 bits per heavy atom. The molecule has 0 atom stereocenters. The van der Waals surface area contributed by atoms with Crippen molar-refractivity contribution >= 4 is 24.1 Å². The highest BCUT2D eigenvalue weighted by atomic mass is 16.5. The Bertz CT molecular complexity index is 2940. The number of hydrogen-bond donors (Lipinski definition) is 3. The molecule has 0 fully saturated rings. The lowest BCUT2D eigenvalue weighted by Gasteiger charge is -2.34. The van der Waals surface area contributed by atoms with Gasteiger partial charge >= 0.3 is 11.9 Å². The minimum Gasteiger partial charge on any atom is -0.489 e. The largest absolute Gasteiger partial charge is 0.489 e. The van der Waals surface area contributed by atoms with Crippen LogP contribution in [0, 0.1) is 27.7 Å². The predicted octanol–water partition coefficient (Wildman–Crippen LogP) is 16.6. The molecule has 0 amide bonds. The van der Waals surface area contributed by atoms with Gasteiger partial charge in [-0.15, -0.1) is 0 Å². The molecule has 0 saturated heterocycles. The topological polar surface area (TPSA) is 123 Å². The van der Waals surface area contributed by atoms with E-state index in [1.54, 1.807) is 36.4 Å². The number of rotatable bonds is 24. The third-order valence-corrected chi connectivity index (χ3v) is 16.5. The molecule has 410 valence electrons. The highest BCUT2D eigenvalue weighted by Gasteiger charge is 2.33. The van der Waals surface area contributed by atoms with Crippen LogP contribution in [0.15, 0.2) is 133 Å². The van der Waals surface area contributed by atoms with Crippen molar-refractivity contribution in [1.29, 1.82) is 0 Å². The van der Waals surface area contributed by atoms with E-state index in [1.165, 1.54) is 40.5 Å². The second-order valence-corrected chi connectivity index (χ2v) is 20.7. The zero-order valence-electron chi connectivity index (χ0n) is 48.3. The second kappa shape index (κ2) is 27.5. The molecular weight excluding hydrogens is 957 g/mol. The molecule has 8 heteroatoms. The molecule has 8 nitrogen and oxygen atoms in total. The van der Waals surface area contributed by atoms with Gasteiger partial charge in [-0.05, 0) is 182 Å². The summed E-state index contributed by atoms with van der Waals surface area (Å²) in [4.78, 5) is 22.8. The smallest absolute Gasteiger partial charge is 0.337 e. The maximum atomic E-state index is 11.7. The van der Waals surface area contributed by atoms with Crippen LogP contribution in [0.25, 0.3) is 12.2 Å². The van der Waals surface area contributed by atoms with Crippen molar-refractivity contribution < 1.29 is 39.1 Å². The molecule has 0 bridgehead atoms. The normalized spacial score (nSPS) is 12.1. The number of benzene rings is 6. The number of aryl methyl sites for hydroxylation is 4. The van der Waals surface area contributed by atoms with E-state index in [-0.39, 0.29) is 22.4 Å². The average Bonchev–Trinajstić information content (AvgIpc) is 3.46. The molecule has 0 aliphatic carbocycles. The zero-order chi connectivity index (χ0) is 56.6. The van der Waals surface area contributed by atoms with E-state index in [0.29, 0.717) is 44.5 Å². The summed E-state index contributed by atoms with van der Waals surface area (Å²) in [5, 5.41) is 30.4. The van der Waals surface area contributed by atoms with Crippen LogP contribution < -0.4 is 9.47 Å². The minimum atomic E-state index is -0.930. The van der Waals surface area contributed by atoms with Crippen LogP contribution in [0.5, 0.6) is 11.5 Å². The molecule has 0 aliphatic rings. The number of carbonyl (C=O) groups is 2. The Morgan fingerprint density at radius 2 is 0.766 bits per heavy atom. The Balaban J connectivity index is 0.000000284. The van der Waals surface area contributed by atoms with Gasteiger partial charge in [0.15, 0.2) is 0 Å². The molecule has 6 rings (SSSR count). The van der Waals surface area contributed by atoms with Crippen LogP contribution in [0.1, 0.15) is 194 Å². The number of carboxylic acid groups (broad SMARTS) is 1. The molecule has 0 spiro atoms. The Hall–Kier alpha value is -6.74. The van der Waals surface area contributed by atoms with Crippen molar-refractivity contribution in [2.24, 2.45) is 0 Å². The van der Waals surface area contributed by atoms with Gasteiger partial charge in [-0.3, -0.25) is 0 Å². The van der Waals surface area contributed by atoms with E-state index in [2.05, 4.69) is 140 Å². The van der Waals surface area contributed by atoms with E-state index < -0.39 is 17.2 Å². The molecule has 0 aliphatic heterocycles. The first kappa shape index (κ1) is 61.1. The molecule has 0 saturated carbocycles. The standard InChI is InChI=1S/C35H44O4.C34H42O4/c1-8-34(37,9-2)21-20-28-16-17-30(22-25(28)5)35(10-3,11-4)31-18-19-32(26(6)23-31)39-24-27-12-14-29(15-13-27)33(36)38-7;1-7-33(37,8-2)20-19-27-15-16-29(21-24(27)5)34(9-3,10-4)30-17-18-31(25(6)22-30)38-23-26-11-13-28(14-12-26)32(35)36/h12-23,37H,8-11,24H2,1-7H3;11-22,37H,7-10,23H2,1-6H3,(H,35,36)/b21-20+;20-19+. The molecule has 3 N–H and O–H groups in total. The Kier molecular flexibility index (Phi) is 21.9. The summed E-state index contributed by atoms with van der Waals surface area (Å²) < 4.78 is 17.0. The number of aromatic carboxylic acids is 1. The summed E-state index contributed by atoms with van der Waals surface area (Å²) >= 11 is 0. The molecule has 0 unspecified atom stereocenters. The van der Waals surface area contributed by atoms with Crippen molar-refractivity contribution in [1.82, 2.24) is 0 Å². The molecule has 77 heavy (non-hydrogen) atoms. The molecule has 0 radical (unpaired) electrons. The monoisotopic (exact) mass is 1040 g/mol. The predicted molar refractivity (Wildman–Crippen MR) is 316 cm³/mol. The molecule has 6 aromatic rings. The van der Waals surface area contributed by atoms with Crippen LogP contribution in [0.4, 0.5) is 0 Å². The Morgan fingerprint density at radius 3 is 1.05 bits per heavy atom. The van der Waals surface area contributed by atoms with Gasteiger partial charge in [0.2, 0.25) is 0 Å². The van der Waals surface area contributed by atoms with Crippen LogP contribution >= 0.6 is 0 Å². The van der Waals surface area contributed by atoms with Crippen molar-refractivity contribution in [3.8, 4) is 11.5 Å². The lowest BCUT2D eigenvalue weighted by molar-refractivity contribution is 0.0599. The van der Waals surface area contributed by atoms with E-state index in [0.717, 1.165) is 70.6 Å². The summed E-state index contributed by atoms with van der Waals surface area (Å²) in [6.07, 6.45) is 14.7. The van der Waals surface area contributed by atoms with Gasteiger partial charge in [0, 0.05) is 10.8 Å². The highest BCUT2D eigenvalue weighted by Crippen LogP contribution is 2.43. The van der Waals surface area contributed by atoms with Crippen molar-refractivity contribution in [3.05, 3.63) is 211 Å². The zero-order valence-corrected chi connectivity index (χ0v) is 48.3. The fraction of sp³-hybridized carbons (Fsp3) is 0.391. The summed E-state index contributed by atoms with van der Waals surface area (Å²) in [5.41, 5.74) is 13.0. The fourth-order valence-corrected chi connectivity index (χ4v) is 10.4. The van der Waals surface area contributed by atoms with Gasteiger partial charge in [0.05, 0.1) is 29.4 Å². The number of esters is 1. The molecular formula is C69H86O8. The van der Waals surface area contributed by atoms with Crippen molar-refractivity contribution in [3.63, 3.8) is 0 Å². The number of ether oxygens (including phenoxy) is 3. The minimum absolute atomic E-state index is 0.104. The first-order valence-electron chi connectivity index (χ1n) is 27.8. The number of aliphatic hydroxyl groups is 2. The summed E-state index contributed by atoms with van der Waals surface area (Å²) in [7, 11) is 1.38. The first-order chi connectivity index (χ1) is 36.8. The average molecular weight is 1040 g/mol. The van der Waals surface area contributed by atoms with E-state index in [9.17, 15) is 19.8 Å². The Labute approximate surface area is 460 Å². The molecule has 0 heterocycles. The van der Waals surface area contributed by atoms with E-state index in [1.807, 2.05) is 52.0 Å². The first-order valence-corrected chi connectivity index (χ1v) is 27.8. The van der Waals surface area contributed by atoms with Crippen molar-refractivity contribution in [2.75, 3.05) is 7.11 Å². The van der Waals surface area contributed by atoms with Gasteiger partial charge in [0.1, 0.15) is 24.7 Å². The van der Waals surface area contributed by atoms with E-state index in [4.69, 9.17) is 19.3 Å². The summed E-state index contributed by atoms with van der Waals surface area (Å²) in [6.45, 7) is 26.3. The van der Waals surface area contributed by atoms with Crippen LogP contribution in [-0.2, 0) is 28.8 Å². The number of carbonyl (C=O) groups excluding carboxylic acids is 1. The summed E-state index contributed by atoms with van der Waals surface area (Å²) in [5.74, 6) is 0.410. The van der Waals surface area contributed by atoms with Gasteiger partial charge < -0.3 is 29.5 Å². The molecule has 6 aromatic carbocycles. The third kappa shape index (κ3) is 14.8. The number of hydrogen-bond acceptors (Lipinski definition) is 7. The van der Waals surface area contributed by atoms with Crippen LogP contribution in [0.2, 0.25) is 0 Å². The highest BCUT2D eigenvalue weighted by molar-refractivity contribution is 5.89. The number of methoxy groups -OCH3 is 1. The quantitative estimate of drug-likeness (QED) is 0.0513. The number of carboxylic acids is 1. The van der Waals surface area contributed by atoms with E-state index >= 15 is 0 Å². The molecule has 0 aromatic heterocycles. The maximum Gasteiger partial charge on any atom is 0.337 e. The van der Waals surface area contributed by atoms with Crippen molar-refractivity contribution in [2.45, 2.75) is 170 Å². The lowest BCUT2D eigenvalue weighted by Crippen LogP contribution is -2.26. The van der Waals surface area contributed by atoms with Gasteiger partial charge in [0.25, 0.3) is 0 Å². The van der Waals surface area contributed by atoms with Gasteiger partial charge in [-0.1, -0.05) is 165 Å². The SMILES string of the molecule is CCC(O)(/C=C/c1ccc(C(CC)(CC)c2ccc(OCc3ccc(C(=O)O)cc3)c(C)c2)cc1C)CC.CCC(O)(/C=C/c1ccc(C(CC)(CC)c2ccc(OCc3ccc(C(=O)OC)cc3)c(C)c2)cc1C)CC. The second-order valence-electron chi connectivity index (χ2n) is 20.7. The van der Waals surface area contributed by atoms with Gasteiger partial charge in [-0.25, -0.2) is 9.59 Å².